The summed E-state index contributed by atoms with van der Waals surface area (Å²) in [6, 6.07) is 10.7. The van der Waals surface area contributed by atoms with E-state index < -0.39 is 11.6 Å². The molecule has 1 aliphatic rings. The number of Topliss-reactive ketones (excluding diaryl/α,β-unsaturated/α-hetero) is 2. The average molecular weight is 430 g/mol. The fourth-order valence-corrected chi connectivity index (χ4v) is 3.06. The summed E-state index contributed by atoms with van der Waals surface area (Å²) in [6.45, 7) is 0. The van der Waals surface area contributed by atoms with E-state index >= 15 is 0 Å². The van der Waals surface area contributed by atoms with Gasteiger partial charge >= 0.3 is 0 Å². The maximum atomic E-state index is 12.8. The standard InChI is InChI=1S/C18H10BrClN4O2/c19-10-3-5-11(6-4-10)22-13-12(20)16(25)14-15(17(13)26)24-18(23-14)9-2-1-7-21-8-9/h1-8,22H,(H,23,24). The number of carbonyl (C=O) groups excluding carboxylic acids is 2. The van der Waals surface area contributed by atoms with E-state index in [1.807, 2.05) is 12.1 Å². The number of halogens is 2. The van der Waals surface area contributed by atoms with E-state index in [2.05, 4.69) is 36.2 Å². The molecule has 6 nitrogen and oxygen atoms in total. The van der Waals surface area contributed by atoms with Crippen molar-refractivity contribution in [1.29, 1.82) is 0 Å². The maximum absolute atomic E-state index is 12.8. The molecule has 0 spiro atoms. The van der Waals surface area contributed by atoms with Crippen molar-refractivity contribution in [3.63, 3.8) is 0 Å². The summed E-state index contributed by atoms with van der Waals surface area (Å²) in [6.07, 6.45) is 3.22. The number of H-pyrrole nitrogens is 1. The molecule has 4 rings (SSSR count). The van der Waals surface area contributed by atoms with Crippen LogP contribution in [0.1, 0.15) is 21.0 Å². The highest BCUT2D eigenvalue weighted by atomic mass is 79.9. The van der Waals surface area contributed by atoms with E-state index in [1.54, 1.807) is 36.7 Å². The van der Waals surface area contributed by atoms with E-state index in [-0.39, 0.29) is 22.1 Å². The van der Waals surface area contributed by atoms with Crippen molar-refractivity contribution in [3.8, 4) is 11.4 Å². The van der Waals surface area contributed by atoms with E-state index in [9.17, 15) is 9.59 Å². The Hall–Kier alpha value is -2.77. The summed E-state index contributed by atoms with van der Waals surface area (Å²) in [5, 5.41) is 2.74. The van der Waals surface area contributed by atoms with Crippen LogP contribution in [-0.2, 0) is 0 Å². The van der Waals surface area contributed by atoms with Gasteiger partial charge in [-0.05, 0) is 36.4 Å². The molecule has 0 bridgehead atoms. The number of ketones is 2. The number of anilines is 1. The summed E-state index contributed by atoms with van der Waals surface area (Å²) in [5.41, 5.74) is 1.43. The molecule has 0 saturated heterocycles. The molecule has 0 radical (unpaired) electrons. The number of benzene rings is 1. The lowest BCUT2D eigenvalue weighted by Crippen LogP contribution is -2.24. The minimum Gasteiger partial charge on any atom is -0.351 e. The van der Waals surface area contributed by atoms with Crippen LogP contribution >= 0.6 is 27.5 Å². The lowest BCUT2D eigenvalue weighted by atomic mass is 10.0. The van der Waals surface area contributed by atoms with Crippen molar-refractivity contribution in [3.05, 3.63) is 75.4 Å². The first kappa shape index (κ1) is 16.7. The lowest BCUT2D eigenvalue weighted by Gasteiger charge is -2.15. The Balaban J connectivity index is 1.73. The van der Waals surface area contributed by atoms with Gasteiger partial charge in [0.25, 0.3) is 0 Å². The number of carbonyl (C=O) groups is 2. The van der Waals surface area contributed by atoms with Gasteiger partial charge < -0.3 is 10.3 Å². The smallest absolute Gasteiger partial charge is 0.231 e. The maximum Gasteiger partial charge on any atom is 0.231 e. The molecule has 8 heteroatoms. The number of allylic oxidation sites excluding steroid dienone is 2. The quantitative estimate of drug-likeness (QED) is 0.652. The molecule has 2 aromatic heterocycles. The van der Waals surface area contributed by atoms with Crippen molar-refractivity contribution in [2.45, 2.75) is 0 Å². The fourth-order valence-electron chi connectivity index (χ4n) is 2.57. The van der Waals surface area contributed by atoms with Gasteiger partial charge in [-0.1, -0.05) is 27.5 Å². The molecule has 128 valence electrons. The van der Waals surface area contributed by atoms with Gasteiger partial charge in [0, 0.05) is 28.1 Å². The third kappa shape index (κ3) is 2.85. The van der Waals surface area contributed by atoms with Crippen molar-refractivity contribution in [2.24, 2.45) is 0 Å². The normalized spacial score (nSPS) is 13.8. The summed E-state index contributed by atoms with van der Waals surface area (Å²) < 4.78 is 0.893. The number of aromatic nitrogens is 3. The monoisotopic (exact) mass is 428 g/mol. The number of imidazole rings is 1. The van der Waals surface area contributed by atoms with Crippen LogP contribution in [0.4, 0.5) is 5.69 Å². The van der Waals surface area contributed by atoms with Gasteiger partial charge in [-0.2, -0.15) is 0 Å². The topological polar surface area (TPSA) is 87.7 Å². The number of rotatable bonds is 3. The molecule has 0 saturated carbocycles. The van der Waals surface area contributed by atoms with Gasteiger partial charge in [0.15, 0.2) is 0 Å². The zero-order valence-electron chi connectivity index (χ0n) is 13.1. The molecule has 0 atom stereocenters. The van der Waals surface area contributed by atoms with E-state index in [1.165, 1.54) is 0 Å². The Labute approximate surface area is 161 Å². The highest BCUT2D eigenvalue weighted by molar-refractivity contribution is 9.10. The Morgan fingerprint density at radius 1 is 1.08 bits per heavy atom. The van der Waals surface area contributed by atoms with Gasteiger partial charge in [0.05, 0.1) is 0 Å². The number of hydrogen-bond acceptors (Lipinski definition) is 5. The second kappa shape index (κ2) is 6.51. The molecular formula is C18H10BrClN4O2. The predicted molar refractivity (Wildman–Crippen MR) is 101 cm³/mol. The third-order valence-electron chi connectivity index (χ3n) is 3.84. The van der Waals surface area contributed by atoms with Gasteiger partial charge in [-0.25, -0.2) is 4.98 Å². The largest absolute Gasteiger partial charge is 0.351 e. The zero-order chi connectivity index (χ0) is 18.3. The van der Waals surface area contributed by atoms with Crippen molar-refractivity contribution >= 4 is 44.8 Å². The van der Waals surface area contributed by atoms with Gasteiger partial charge in [-0.3, -0.25) is 14.6 Å². The van der Waals surface area contributed by atoms with Crippen LogP contribution in [-0.4, -0.2) is 26.5 Å². The molecule has 3 aromatic rings. The highest BCUT2D eigenvalue weighted by Gasteiger charge is 2.35. The van der Waals surface area contributed by atoms with Crippen LogP contribution in [0.15, 0.2) is 64.0 Å². The van der Waals surface area contributed by atoms with Crippen LogP contribution in [0, 0.1) is 0 Å². The number of aromatic amines is 1. The molecule has 0 amide bonds. The Morgan fingerprint density at radius 3 is 2.54 bits per heavy atom. The van der Waals surface area contributed by atoms with Crippen LogP contribution in [0.2, 0.25) is 0 Å². The fraction of sp³-hybridized carbons (Fsp3) is 0. The molecule has 0 unspecified atom stereocenters. The third-order valence-corrected chi connectivity index (χ3v) is 4.73. The molecule has 26 heavy (non-hydrogen) atoms. The Kier molecular flexibility index (Phi) is 4.18. The Bertz CT molecular complexity index is 1060. The molecule has 0 aliphatic heterocycles. The number of nitrogens with one attached hydrogen (secondary N) is 2. The first-order chi connectivity index (χ1) is 12.5. The molecule has 2 heterocycles. The van der Waals surface area contributed by atoms with Crippen LogP contribution < -0.4 is 5.32 Å². The Morgan fingerprint density at radius 2 is 1.85 bits per heavy atom. The van der Waals surface area contributed by atoms with E-state index in [0.717, 1.165) is 4.47 Å². The predicted octanol–water partition coefficient (Wildman–Crippen LogP) is 4.18. The summed E-state index contributed by atoms with van der Waals surface area (Å²) in [7, 11) is 0. The summed E-state index contributed by atoms with van der Waals surface area (Å²) in [4.78, 5) is 36.6. The lowest BCUT2D eigenvalue weighted by molar-refractivity contribution is 0.0977. The van der Waals surface area contributed by atoms with Crippen LogP contribution in [0.5, 0.6) is 0 Å². The van der Waals surface area contributed by atoms with Crippen LogP contribution in [0.3, 0.4) is 0 Å². The van der Waals surface area contributed by atoms with Gasteiger partial charge in [0.2, 0.25) is 11.6 Å². The molecule has 0 fully saturated rings. The van der Waals surface area contributed by atoms with E-state index in [0.29, 0.717) is 17.1 Å². The molecular weight excluding hydrogens is 420 g/mol. The summed E-state index contributed by atoms with van der Waals surface area (Å²) >= 11 is 9.51. The first-order valence-corrected chi connectivity index (χ1v) is 8.74. The van der Waals surface area contributed by atoms with E-state index in [4.69, 9.17) is 11.6 Å². The summed E-state index contributed by atoms with van der Waals surface area (Å²) in [5.74, 6) is -0.540. The second-order valence-corrected chi connectivity index (χ2v) is 6.82. The SMILES string of the molecule is O=C1C(Nc2ccc(Br)cc2)=C(Cl)C(=O)c2[nH]c(-c3cccnc3)nc21. The highest BCUT2D eigenvalue weighted by Crippen LogP contribution is 2.30. The van der Waals surface area contributed by atoms with Crippen molar-refractivity contribution in [2.75, 3.05) is 5.32 Å². The average Bonchev–Trinajstić information content (AvgIpc) is 3.11. The minimum absolute atomic E-state index is 0.00993. The molecule has 1 aliphatic carbocycles. The van der Waals surface area contributed by atoms with Crippen LogP contribution in [0.25, 0.3) is 11.4 Å². The van der Waals surface area contributed by atoms with Gasteiger partial charge in [0.1, 0.15) is 27.9 Å². The number of fused-ring (bicyclic) bond motifs is 1. The minimum atomic E-state index is -0.483. The first-order valence-electron chi connectivity index (χ1n) is 7.57. The van der Waals surface area contributed by atoms with Gasteiger partial charge in [-0.15, -0.1) is 0 Å². The molecule has 2 N–H and O–H groups in total. The zero-order valence-corrected chi connectivity index (χ0v) is 15.4. The van der Waals surface area contributed by atoms with Crippen molar-refractivity contribution < 1.29 is 9.59 Å². The second-order valence-electron chi connectivity index (χ2n) is 5.53. The number of pyridine rings is 1. The number of hydrogen-bond donors (Lipinski definition) is 2. The van der Waals surface area contributed by atoms with Crippen molar-refractivity contribution in [1.82, 2.24) is 15.0 Å². The molecule has 1 aromatic carbocycles. The number of nitrogens with zero attached hydrogens (tertiary/aromatic N) is 2.